The van der Waals surface area contributed by atoms with Crippen molar-refractivity contribution in [3.05, 3.63) is 0 Å². The van der Waals surface area contributed by atoms with Crippen LogP contribution in [0.25, 0.3) is 0 Å². The Bertz CT molecular complexity index is 383. The van der Waals surface area contributed by atoms with Crippen molar-refractivity contribution < 1.29 is 23.9 Å². The molecule has 3 N–H and O–H groups in total. The van der Waals surface area contributed by atoms with Gasteiger partial charge in [0.25, 0.3) is 0 Å². The van der Waals surface area contributed by atoms with E-state index in [0.29, 0.717) is 26.2 Å². The molecule has 106 valence electrons. The third-order valence-electron chi connectivity index (χ3n) is 3.17. The molecule has 19 heavy (non-hydrogen) atoms. The van der Waals surface area contributed by atoms with Gasteiger partial charge in [-0.3, -0.25) is 9.59 Å². The zero-order valence-corrected chi connectivity index (χ0v) is 10.5. The molecule has 2 aliphatic rings. The minimum Gasteiger partial charge on any atom is -0.441 e. The molecule has 0 aliphatic carbocycles. The number of carbonyl (C=O) groups excluding carboxylic acids is 3. The van der Waals surface area contributed by atoms with Crippen LogP contribution in [0.3, 0.4) is 0 Å². The molecule has 2 fully saturated rings. The normalized spacial score (nSPS) is 22.7. The lowest BCUT2D eigenvalue weighted by atomic mass is 10.2. The van der Waals surface area contributed by atoms with E-state index in [-0.39, 0.29) is 18.6 Å². The van der Waals surface area contributed by atoms with Crippen LogP contribution in [0, 0.1) is 0 Å². The topological polar surface area (TPSA) is 111 Å². The predicted octanol–water partition coefficient (Wildman–Crippen LogP) is -1.41. The monoisotopic (exact) mass is 271 g/mol. The number of rotatable bonds is 4. The molecule has 1 unspecified atom stereocenters. The van der Waals surface area contributed by atoms with Gasteiger partial charge in [0.1, 0.15) is 12.6 Å². The summed E-state index contributed by atoms with van der Waals surface area (Å²) in [7, 11) is 0. The van der Waals surface area contributed by atoms with Gasteiger partial charge in [0, 0.05) is 6.54 Å². The highest BCUT2D eigenvalue weighted by molar-refractivity contribution is 5.89. The zero-order chi connectivity index (χ0) is 13.8. The van der Waals surface area contributed by atoms with Gasteiger partial charge < -0.3 is 25.4 Å². The third kappa shape index (κ3) is 3.34. The number of likely N-dealkylation sites (tertiary alicyclic amines) is 1. The molecule has 1 atom stereocenters. The molecule has 0 aromatic heterocycles. The molecule has 0 aromatic carbocycles. The Morgan fingerprint density at radius 2 is 2.11 bits per heavy atom. The quantitative estimate of drug-likeness (QED) is 0.652. The predicted molar refractivity (Wildman–Crippen MR) is 63.0 cm³/mol. The highest BCUT2D eigenvalue weighted by atomic mass is 16.6. The van der Waals surface area contributed by atoms with Gasteiger partial charge in [0.2, 0.25) is 11.8 Å². The zero-order valence-electron chi connectivity index (χ0n) is 10.5. The second-order valence-corrected chi connectivity index (χ2v) is 4.57. The summed E-state index contributed by atoms with van der Waals surface area (Å²) in [5.41, 5.74) is 5.21. The fraction of sp³-hybridized carbons (Fsp3) is 0.727. The molecule has 8 heteroatoms. The lowest BCUT2D eigenvalue weighted by molar-refractivity contribution is -0.136. The van der Waals surface area contributed by atoms with E-state index in [1.807, 2.05) is 0 Å². The van der Waals surface area contributed by atoms with Crippen LogP contribution < -0.4 is 11.1 Å². The Labute approximate surface area is 110 Å². The largest absolute Gasteiger partial charge is 0.441 e. The van der Waals surface area contributed by atoms with E-state index in [4.69, 9.17) is 15.2 Å². The van der Waals surface area contributed by atoms with Gasteiger partial charge in [-0.2, -0.15) is 0 Å². The van der Waals surface area contributed by atoms with Gasteiger partial charge in [-0.15, -0.1) is 0 Å². The lowest BCUT2D eigenvalue weighted by Crippen LogP contribution is -2.48. The fourth-order valence-corrected chi connectivity index (χ4v) is 2.09. The van der Waals surface area contributed by atoms with Crippen LogP contribution in [0.2, 0.25) is 0 Å². The van der Waals surface area contributed by atoms with Gasteiger partial charge in [-0.25, -0.2) is 4.79 Å². The Morgan fingerprint density at radius 1 is 1.37 bits per heavy atom. The van der Waals surface area contributed by atoms with Crippen LogP contribution in [0.15, 0.2) is 0 Å². The Hall–Kier alpha value is -1.83. The molecule has 2 rings (SSSR count). The van der Waals surface area contributed by atoms with Crippen molar-refractivity contribution in [3.8, 4) is 0 Å². The molecular weight excluding hydrogens is 254 g/mol. The summed E-state index contributed by atoms with van der Waals surface area (Å²) in [5, 5.41) is 2.36. The van der Waals surface area contributed by atoms with Gasteiger partial charge in [0.05, 0.1) is 13.2 Å². The number of primary amides is 1. The van der Waals surface area contributed by atoms with E-state index in [1.54, 1.807) is 0 Å². The first-order chi connectivity index (χ1) is 9.08. The van der Waals surface area contributed by atoms with E-state index >= 15 is 0 Å². The number of nitrogens with zero attached hydrogens (tertiary/aromatic N) is 1. The maximum atomic E-state index is 11.9. The molecule has 0 bridgehead atoms. The second-order valence-electron chi connectivity index (χ2n) is 4.57. The molecule has 2 heterocycles. The summed E-state index contributed by atoms with van der Waals surface area (Å²) >= 11 is 0. The third-order valence-corrected chi connectivity index (χ3v) is 3.17. The summed E-state index contributed by atoms with van der Waals surface area (Å²) < 4.78 is 9.79. The van der Waals surface area contributed by atoms with E-state index in [1.165, 1.54) is 4.90 Å². The minimum absolute atomic E-state index is 0.198. The molecule has 2 saturated heterocycles. The molecule has 0 saturated carbocycles. The van der Waals surface area contributed by atoms with Crippen molar-refractivity contribution >= 4 is 17.9 Å². The van der Waals surface area contributed by atoms with Crippen LogP contribution >= 0.6 is 0 Å². The van der Waals surface area contributed by atoms with E-state index in [0.717, 1.165) is 6.42 Å². The highest BCUT2D eigenvalue weighted by Gasteiger charge is 2.32. The van der Waals surface area contributed by atoms with E-state index < -0.39 is 18.0 Å². The number of nitrogens with two attached hydrogens (primary N) is 1. The summed E-state index contributed by atoms with van der Waals surface area (Å²) in [5.74, 6) is -0.844. The van der Waals surface area contributed by atoms with Crippen molar-refractivity contribution in [2.75, 3.05) is 26.3 Å². The molecule has 0 radical (unpaired) electrons. The van der Waals surface area contributed by atoms with Crippen LogP contribution in [0.1, 0.15) is 12.8 Å². The first-order valence-electron chi connectivity index (χ1n) is 6.19. The second kappa shape index (κ2) is 5.87. The number of ether oxygens (including phenoxy) is 2. The van der Waals surface area contributed by atoms with Gasteiger partial charge in [-0.1, -0.05) is 0 Å². The molecular formula is C11H17N3O5. The summed E-state index contributed by atoms with van der Waals surface area (Å²) in [6.07, 6.45) is 0.422. The van der Waals surface area contributed by atoms with Crippen LogP contribution in [0.4, 0.5) is 4.79 Å². The summed E-state index contributed by atoms with van der Waals surface area (Å²) in [4.78, 5) is 35.7. The Balaban J connectivity index is 1.74. The number of amides is 3. The maximum absolute atomic E-state index is 11.9. The molecule has 0 spiro atoms. The Kier molecular flexibility index (Phi) is 4.20. The van der Waals surface area contributed by atoms with E-state index in [9.17, 15) is 14.4 Å². The smallest absolute Gasteiger partial charge is 0.408 e. The average molecular weight is 271 g/mol. The van der Waals surface area contributed by atoms with Crippen molar-refractivity contribution in [3.63, 3.8) is 0 Å². The summed E-state index contributed by atoms with van der Waals surface area (Å²) in [6.45, 7) is 1.06. The minimum atomic E-state index is -0.656. The standard InChI is InChI=1S/C11H17N3O5/c12-10(16)8-2-1-3-14(8)9(15)4-13-11(17)19-7-5-18-6-7/h7-8H,1-6H2,(H2,12,16)(H,13,17). The number of alkyl carbamates (subject to hydrolysis) is 1. The van der Waals surface area contributed by atoms with Crippen molar-refractivity contribution in [1.82, 2.24) is 10.2 Å². The maximum Gasteiger partial charge on any atom is 0.408 e. The molecule has 2 aliphatic heterocycles. The number of carbonyl (C=O) groups is 3. The highest BCUT2D eigenvalue weighted by Crippen LogP contribution is 2.16. The van der Waals surface area contributed by atoms with Gasteiger partial charge in [-0.05, 0) is 12.8 Å². The first kappa shape index (κ1) is 13.6. The van der Waals surface area contributed by atoms with Crippen LogP contribution in [-0.2, 0) is 19.1 Å². The van der Waals surface area contributed by atoms with Crippen molar-refractivity contribution in [2.24, 2.45) is 5.73 Å². The Morgan fingerprint density at radius 3 is 2.68 bits per heavy atom. The van der Waals surface area contributed by atoms with E-state index in [2.05, 4.69) is 5.32 Å². The number of hydrogen-bond donors (Lipinski definition) is 2. The van der Waals surface area contributed by atoms with Gasteiger partial charge in [0.15, 0.2) is 6.10 Å². The molecule has 8 nitrogen and oxygen atoms in total. The molecule has 0 aromatic rings. The van der Waals surface area contributed by atoms with Crippen LogP contribution in [0.5, 0.6) is 0 Å². The first-order valence-corrected chi connectivity index (χ1v) is 6.19. The average Bonchev–Trinajstić information content (AvgIpc) is 2.80. The number of hydrogen-bond acceptors (Lipinski definition) is 5. The van der Waals surface area contributed by atoms with Crippen molar-refractivity contribution in [1.29, 1.82) is 0 Å². The lowest BCUT2D eigenvalue weighted by Gasteiger charge is -2.26. The summed E-state index contributed by atoms with van der Waals surface area (Å²) in [6, 6.07) is -0.564. The van der Waals surface area contributed by atoms with Crippen LogP contribution in [-0.4, -0.2) is 61.3 Å². The fourth-order valence-electron chi connectivity index (χ4n) is 2.09. The number of nitrogens with one attached hydrogen (secondary N) is 1. The molecule has 3 amide bonds. The van der Waals surface area contributed by atoms with Crippen molar-refractivity contribution in [2.45, 2.75) is 25.0 Å². The SMILES string of the molecule is NC(=O)C1CCCN1C(=O)CNC(=O)OC1COC1. The van der Waals surface area contributed by atoms with Gasteiger partial charge >= 0.3 is 6.09 Å².